The molecule has 3 nitrogen and oxygen atoms in total. The van der Waals surface area contributed by atoms with Gasteiger partial charge in [0.15, 0.2) is 0 Å². The molecule has 3 atom stereocenters. The van der Waals surface area contributed by atoms with Gasteiger partial charge in [-0.2, -0.15) is 0 Å². The second-order valence-corrected chi connectivity index (χ2v) is 5.32. The van der Waals surface area contributed by atoms with Crippen molar-refractivity contribution < 1.29 is 4.79 Å². The van der Waals surface area contributed by atoms with Crippen molar-refractivity contribution in [3.8, 4) is 0 Å². The average molecular weight is 226 g/mol. The minimum absolute atomic E-state index is 0.0698. The summed E-state index contributed by atoms with van der Waals surface area (Å²) >= 11 is 0. The smallest absolute Gasteiger partial charge is 0.237 e. The Morgan fingerprint density at radius 2 is 1.94 bits per heavy atom. The maximum absolute atomic E-state index is 11.7. The zero-order valence-electron chi connectivity index (χ0n) is 11.0. The van der Waals surface area contributed by atoms with Gasteiger partial charge < -0.3 is 10.6 Å². The third kappa shape index (κ3) is 4.97. The molecule has 1 aliphatic rings. The first-order valence-electron chi connectivity index (χ1n) is 6.59. The van der Waals surface area contributed by atoms with E-state index in [-0.39, 0.29) is 11.9 Å². The number of nitrogens with one attached hydrogen (secondary N) is 2. The third-order valence-corrected chi connectivity index (χ3v) is 3.30. The molecule has 1 rings (SSSR count). The first kappa shape index (κ1) is 13.5. The summed E-state index contributed by atoms with van der Waals surface area (Å²) in [5, 5.41) is 6.39. The summed E-state index contributed by atoms with van der Waals surface area (Å²) in [5.41, 5.74) is 0. The molecule has 0 aliphatic heterocycles. The van der Waals surface area contributed by atoms with Crippen molar-refractivity contribution in [1.29, 1.82) is 0 Å². The molecule has 0 bridgehead atoms. The molecule has 0 heterocycles. The first-order chi connectivity index (χ1) is 7.52. The van der Waals surface area contributed by atoms with Crippen LogP contribution in [0, 0.1) is 5.92 Å². The quantitative estimate of drug-likeness (QED) is 0.698. The zero-order valence-corrected chi connectivity index (χ0v) is 11.0. The monoisotopic (exact) mass is 226 g/mol. The average Bonchev–Trinajstić information content (AvgIpc) is 3.01. The molecule has 16 heavy (non-hydrogen) atoms. The van der Waals surface area contributed by atoms with E-state index in [0.717, 1.165) is 25.2 Å². The number of carbonyl (C=O) groups excluding carboxylic acids is 1. The van der Waals surface area contributed by atoms with Crippen molar-refractivity contribution in [1.82, 2.24) is 10.6 Å². The van der Waals surface area contributed by atoms with Gasteiger partial charge >= 0.3 is 0 Å². The molecular weight excluding hydrogens is 200 g/mol. The van der Waals surface area contributed by atoms with Crippen LogP contribution in [-0.2, 0) is 4.79 Å². The van der Waals surface area contributed by atoms with Crippen molar-refractivity contribution in [3.63, 3.8) is 0 Å². The van der Waals surface area contributed by atoms with E-state index >= 15 is 0 Å². The van der Waals surface area contributed by atoms with Crippen LogP contribution >= 0.6 is 0 Å². The van der Waals surface area contributed by atoms with E-state index in [1.54, 1.807) is 0 Å². The van der Waals surface area contributed by atoms with Crippen LogP contribution in [-0.4, -0.2) is 24.0 Å². The van der Waals surface area contributed by atoms with Crippen LogP contribution in [0.4, 0.5) is 0 Å². The minimum atomic E-state index is -0.0698. The summed E-state index contributed by atoms with van der Waals surface area (Å²) in [6, 6.07) is 0.802. The van der Waals surface area contributed by atoms with E-state index in [2.05, 4.69) is 31.4 Å². The highest BCUT2D eigenvalue weighted by Crippen LogP contribution is 2.18. The standard InChI is InChI=1S/C13H26N2O/c1-5-9(2)8-10(3)14-11(4)13(16)15-12-6-7-12/h9-12,14H,5-8H2,1-4H3,(H,15,16). The molecule has 94 valence electrons. The summed E-state index contributed by atoms with van der Waals surface area (Å²) in [6.45, 7) is 8.58. The summed E-state index contributed by atoms with van der Waals surface area (Å²) in [4.78, 5) is 11.7. The van der Waals surface area contributed by atoms with Gasteiger partial charge in [-0.1, -0.05) is 20.3 Å². The Morgan fingerprint density at radius 1 is 1.31 bits per heavy atom. The predicted molar refractivity (Wildman–Crippen MR) is 67.3 cm³/mol. The Kier molecular flexibility index (Phi) is 5.26. The maximum Gasteiger partial charge on any atom is 0.237 e. The van der Waals surface area contributed by atoms with E-state index in [1.807, 2.05) is 6.92 Å². The molecule has 2 N–H and O–H groups in total. The van der Waals surface area contributed by atoms with E-state index in [9.17, 15) is 4.79 Å². The molecule has 0 aromatic rings. The highest BCUT2D eigenvalue weighted by molar-refractivity contribution is 5.81. The predicted octanol–water partition coefficient (Wildman–Crippen LogP) is 2.07. The molecular formula is C13H26N2O. The molecule has 1 fully saturated rings. The second-order valence-electron chi connectivity index (χ2n) is 5.32. The Morgan fingerprint density at radius 3 is 2.44 bits per heavy atom. The number of carbonyl (C=O) groups is 1. The van der Waals surface area contributed by atoms with Gasteiger partial charge in [-0.25, -0.2) is 0 Å². The molecule has 1 aliphatic carbocycles. The number of amides is 1. The molecule has 0 saturated heterocycles. The first-order valence-corrected chi connectivity index (χ1v) is 6.59. The molecule has 0 radical (unpaired) electrons. The lowest BCUT2D eigenvalue weighted by Gasteiger charge is -2.21. The zero-order chi connectivity index (χ0) is 12.1. The molecule has 0 aromatic carbocycles. The van der Waals surface area contributed by atoms with Gasteiger partial charge in [-0.3, -0.25) is 4.79 Å². The van der Waals surface area contributed by atoms with Crippen LogP contribution in [0.3, 0.4) is 0 Å². The number of hydrogen-bond donors (Lipinski definition) is 2. The number of hydrogen-bond acceptors (Lipinski definition) is 2. The normalized spacial score (nSPS) is 21.2. The van der Waals surface area contributed by atoms with Crippen LogP contribution < -0.4 is 10.6 Å². The lowest BCUT2D eigenvalue weighted by atomic mass is 10.00. The summed E-state index contributed by atoms with van der Waals surface area (Å²) in [5.74, 6) is 0.875. The maximum atomic E-state index is 11.7. The lowest BCUT2D eigenvalue weighted by Crippen LogP contribution is -2.46. The Hall–Kier alpha value is -0.570. The van der Waals surface area contributed by atoms with Gasteiger partial charge in [0.05, 0.1) is 6.04 Å². The van der Waals surface area contributed by atoms with Crippen LogP contribution in [0.1, 0.15) is 53.4 Å². The van der Waals surface area contributed by atoms with Crippen LogP contribution in [0.5, 0.6) is 0 Å². The van der Waals surface area contributed by atoms with Gasteiger partial charge in [0.2, 0.25) is 5.91 Å². The summed E-state index contributed by atoms with van der Waals surface area (Å²) < 4.78 is 0. The van der Waals surface area contributed by atoms with Crippen LogP contribution in [0.2, 0.25) is 0 Å². The molecule has 0 spiro atoms. The Balaban J connectivity index is 2.20. The minimum Gasteiger partial charge on any atom is -0.352 e. The highest BCUT2D eigenvalue weighted by Gasteiger charge is 2.26. The highest BCUT2D eigenvalue weighted by atomic mass is 16.2. The Labute approximate surface area is 99.4 Å². The van der Waals surface area contributed by atoms with Gasteiger partial charge in [0.25, 0.3) is 0 Å². The van der Waals surface area contributed by atoms with Gasteiger partial charge in [-0.15, -0.1) is 0 Å². The fourth-order valence-electron chi connectivity index (χ4n) is 1.89. The van der Waals surface area contributed by atoms with E-state index < -0.39 is 0 Å². The third-order valence-electron chi connectivity index (χ3n) is 3.30. The van der Waals surface area contributed by atoms with Crippen molar-refractivity contribution in [2.45, 2.75) is 71.5 Å². The van der Waals surface area contributed by atoms with E-state index in [0.29, 0.717) is 12.1 Å². The topological polar surface area (TPSA) is 41.1 Å². The van der Waals surface area contributed by atoms with E-state index in [1.165, 1.54) is 6.42 Å². The van der Waals surface area contributed by atoms with Crippen molar-refractivity contribution in [2.24, 2.45) is 5.92 Å². The van der Waals surface area contributed by atoms with Crippen LogP contribution in [0.15, 0.2) is 0 Å². The van der Waals surface area contributed by atoms with Crippen molar-refractivity contribution in [2.75, 3.05) is 0 Å². The largest absolute Gasteiger partial charge is 0.352 e. The lowest BCUT2D eigenvalue weighted by molar-refractivity contribution is -0.123. The fourth-order valence-corrected chi connectivity index (χ4v) is 1.89. The Bertz CT molecular complexity index is 226. The number of rotatable bonds is 7. The van der Waals surface area contributed by atoms with Gasteiger partial charge in [-0.05, 0) is 39.0 Å². The molecule has 3 unspecified atom stereocenters. The molecule has 1 amide bonds. The van der Waals surface area contributed by atoms with Crippen molar-refractivity contribution in [3.05, 3.63) is 0 Å². The van der Waals surface area contributed by atoms with Crippen molar-refractivity contribution >= 4 is 5.91 Å². The van der Waals surface area contributed by atoms with Crippen LogP contribution in [0.25, 0.3) is 0 Å². The summed E-state index contributed by atoms with van der Waals surface area (Å²) in [6.07, 6.45) is 4.65. The SMILES string of the molecule is CCC(C)CC(C)NC(C)C(=O)NC1CC1. The summed E-state index contributed by atoms with van der Waals surface area (Å²) in [7, 11) is 0. The molecule has 1 saturated carbocycles. The van der Waals surface area contributed by atoms with Gasteiger partial charge in [0, 0.05) is 12.1 Å². The van der Waals surface area contributed by atoms with Gasteiger partial charge in [0.1, 0.15) is 0 Å². The second kappa shape index (κ2) is 6.24. The molecule has 0 aromatic heterocycles. The molecule has 3 heteroatoms. The van der Waals surface area contributed by atoms with E-state index in [4.69, 9.17) is 0 Å². The fraction of sp³-hybridized carbons (Fsp3) is 0.923.